The van der Waals surface area contributed by atoms with Crippen LogP contribution >= 0.6 is 11.6 Å². The van der Waals surface area contributed by atoms with Crippen LogP contribution in [0.5, 0.6) is 17.2 Å². The molecule has 0 spiro atoms. The number of amides is 2. The normalized spacial score (nSPS) is 10.5. The van der Waals surface area contributed by atoms with E-state index in [1.165, 1.54) is 25.5 Å². The Morgan fingerprint density at radius 3 is 2.75 bits per heavy atom. The first-order chi connectivity index (χ1) is 13.4. The Balaban J connectivity index is 1.90. The van der Waals surface area contributed by atoms with Gasteiger partial charge in [-0.3, -0.25) is 9.59 Å². The van der Waals surface area contributed by atoms with Gasteiger partial charge in [-0.05, 0) is 36.8 Å². The van der Waals surface area contributed by atoms with Gasteiger partial charge in [-0.25, -0.2) is 5.43 Å². The molecule has 148 valence electrons. The van der Waals surface area contributed by atoms with Gasteiger partial charge < -0.3 is 19.9 Å². The highest BCUT2D eigenvalue weighted by Gasteiger charge is 2.10. The number of phenolic OH excluding ortho intramolecular Hbond substituents is 1. The molecule has 0 aromatic heterocycles. The molecule has 2 amide bonds. The molecule has 9 heteroatoms. The van der Waals surface area contributed by atoms with E-state index in [9.17, 15) is 14.7 Å². The average molecular weight is 406 g/mol. The maximum absolute atomic E-state index is 11.9. The minimum absolute atomic E-state index is 0.0939. The van der Waals surface area contributed by atoms with Gasteiger partial charge in [-0.15, -0.1) is 0 Å². The molecule has 0 saturated carbocycles. The first kappa shape index (κ1) is 21.0. The van der Waals surface area contributed by atoms with Crippen molar-refractivity contribution in [1.82, 2.24) is 5.43 Å². The SMILES string of the molecule is CCOc1cc(C=NNC(=O)CC(=O)Nc2cccc(OC)c2)cc(Cl)c1O. The van der Waals surface area contributed by atoms with Crippen LogP contribution in [0.4, 0.5) is 5.69 Å². The highest BCUT2D eigenvalue weighted by Crippen LogP contribution is 2.34. The Hall–Kier alpha value is -3.26. The highest BCUT2D eigenvalue weighted by molar-refractivity contribution is 6.32. The molecule has 0 aliphatic carbocycles. The molecule has 0 aliphatic rings. The molecule has 0 bridgehead atoms. The van der Waals surface area contributed by atoms with E-state index in [1.807, 2.05) is 0 Å². The number of anilines is 1. The lowest BCUT2D eigenvalue weighted by atomic mass is 10.2. The van der Waals surface area contributed by atoms with E-state index >= 15 is 0 Å². The number of benzene rings is 2. The molecule has 0 aliphatic heterocycles. The van der Waals surface area contributed by atoms with Gasteiger partial charge in [-0.2, -0.15) is 5.10 Å². The molecule has 0 unspecified atom stereocenters. The van der Waals surface area contributed by atoms with Gasteiger partial charge in [0.15, 0.2) is 11.5 Å². The Bertz CT molecular complexity index is 886. The molecule has 0 atom stereocenters. The number of rotatable bonds is 8. The van der Waals surface area contributed by atoms with Crippen molar-refractivity contribution in [2.75, 3.05) is 19.0 Å². The Morgan fingerprint density at radius 2 is 2.04 bits per heavy atom. The number of halogens is 1. The second-order valence-corrected chi connectivity index (χ2v) is 5.94. The Kier molecular flexibility index (Phi) is 7.65. The molecule has 2 aromatic rings. The fourth-order valence-corrected chi connectivity index (χ4v) is 2.42. The molecule has 28 heavy (non-hydrogen) atoms. The van der Waals surface area contributed by atoms with Gasteiger partial charge >= 0.3 is 0 Å². The smallest absolute Gasteiger partial charge is 0.249 e. The third-order valence-electron chi connectivity index (χ3n) is 3.43. The van der Waals surface area contributed by atoms with Crippen molar-refractivity contribution < 1.29 is 24.2 Å². The summed E-state index contributed by atoms with van der Waals surface area (Å²) < 4.78 is 10.3. The fraction of sp³-hybridized carbons (Fsp3) is 0.211. The maximum Gasteiger partial charge on any atom is 0.249 e. The molecule has 0 saturated heterocycles. The van der Waals surface area contributed by atoms with Crippen molar-refractivity contribution in [3.63, 3.8) is 0 Å². The molecule has 2 aromatic carbocycles. The molecular formula is C19H20ClN3O5. The summed E-state index contributed by atoms with van der Waals surface area (Å²) in [6.07, 6.45) is 0.917. The number of hydrazone groups is 1. The lowest BCUT2D eigenvalue weighted by Gasteiger charge is -2.08. The summed E-state index contributed by atoms with van der Waals surface area (Å²) in [7, 11) is 1.52. The summed E-state index contributed by atoms with van der Waals surface area (Å²) >= 11 is 5.92. The van der Waals surface area contributed by atoms with Crippen LogP contribution in [0.2, 0.25) is 5.02 Å². The number of ether oxygens (including phenoxy) is 2. The van der Waals surface area contributed by atoms with E-state index in [4.69, 9.17) is 21.1 Å². The number of carbonyl (C=O) groups excluding carboxylic acids is 2. The molecule has 0 radical (unpaired) electrons. The summed E-state index contributed by atoms with van der Waals surface area (Å²) in [5.74, 6) is -0.455. The van der Waals surface area contributed by atoms with Crippen molar-refractivity contribution in [3.8, 4) is 17.2 Å². The first-order valence-electron chi connectivity index (χ1n) is 8.34. The fourth-order valence-electron chi connectivity index (χ4n) is 2.20. The van der Waals surface area contributed by atoms with Gasteiger partial charge in [-0.1, -0.05) is 17.7 Å². The van der Waals surface area contributed by atoms with E-state index in [1.54, 1.807) is 31.2 Å². The minimum atomic E-state index is -0.591. The zero-order valence-electron chi connectivity index (χ0n) is 15.4. The lowest BCUT2D eigenvalue weighted by Crippen LogP contribution is -2.24. The van der Waals surface area contributed by atoms with Gasteiger partial charge in [0, 0.05) is 11.8 Å². The van der Waals surface area contributed by atoms with E-state index < -0.39 is 18.2 Å². The van der Waals surface area contributed by atoms with E-state index in [2.05, 4.69) is 15.8 Å². The zero-order valence-corrected chi connectivity index (χ0v) is 16.1. The number of carbonyl (C=O) groups is 2. The number of hydrogen-bond donors (Lipinski definition) is 3. The predicted octanol–water partition coefficient (Wildman–Crippen LogP) is 2.93. The van der Waals surface area contributed by atoms with Crippen molar-refractivity contribution in [3.05, 3.63) is 47.0 Å². The van der Waals surface area contributed by atoms with Crippen LogP contribution < -0.4 is 20.2 Å². The summed E-state index contributed by atoms with van der Waals surface area (Å²) in [4.78, 5) is 23.8. The topological polar surface area (TPSA) is 109 Å². The lowest BCUT2D eigenvalue weighted by molar-refractivity contribution is -0.126. The maximum atomic E-state index is 11.9. The largest absolute Gasteiger partial charge is 0.503 e. The van der Waals surface area contributed by atoms with Crippen molar-refractivity contribution in [1.29, 1.82) is 0 Å². The number of phenols is 1. The third-order valence-corrected chi connectivity index (χ3v) is 3.72. The number of methoxy groups -OCH3 is 1. The van der Waals surface area contributed by atoms with Crippen molar-refractivity contribution in [2.24, 2.45) is 5.10 Å². The van der Waals surface area contributed by atoms with Crippen LogP contribution in [0, 0.1) is 0 Å². The summed E-state index contributed by atoms with van der Waals surface area (Å²) in [6.45, 7) is 2.12. The van der Waals surface area contributed by atoms with Gasteiger partial charge in [0.1, 0.15) is 12.2 Å². The first-order valence-corrected chi connectivity index (χ1v) is 8.71. The monoisotopic (exact) mass is 405 g/mol. The molecule has 0 heterocycles. The second kappa shape index (κ2) is 10.2. The van der Waals surface area contributed by atoms with Crippen molar-refractivity contribution in [2.45, 2.75) is 13.3 Å². The second-order valence-electron chi connectivity index (χ2n) is 5.53. The summed E-state index contributed by atoms with van der Waals surface area (Å²) in [5, 5.41) is 16.3. The molecule has 0 fully saturated rings. The van der Waals surface area contributed by atoms with Crippen LogP contribution in [0.25, 0.3) is 0 Å². The van der Waals surface area contributed by atoms with Crippen LogP contribution in [-0.2, 0) is 9.59 Å². The quantitative estimate of drug-likeness (QED) is 0.355. The van der Waals surface area contributed by atoms with Crippen LogP contribution in [-0.4, -0.2) is 36.9 Å². The molecule has 8 nitrogen and oxygen atoms in total. The van der Waals surface area contributed by atoms with Gasteiger partial charge in [0.2, 0.25) is 11.8 Å². The minimum Gasteiger partial charge on any atom is -0.503 e. The Morgan fingerprint density at radius 1 is 1.25 bits per heavy atom. The number of nitrogens with one attached hydrogen (secondary N) is 2. The zero-order chi connectivity index (χ0) is 20.5. The predicted molar refractivity (Wildman–Crippen MR) is 106 cm³/mol. The van der Waals surface area contributed by atoms with Gasteiger partial charge in [0.05, 0.1) is 25.0 Å². The van der Waals surface area contributed by atoms with E-state index in [0.717, 1.165) is 0 Å². The number of hydrogen-bond acceptors (Lipinski definition) is 6. The third kappa shape index (κ3) is 6.17. The van der Waals surface area contributed by atoms with Gasteiger partial charge in [0.25, 0.3) is 0 Å². The van der Waals surface area contributed by atoms with Crippen LogP contribution in [0.1, 0.15) is 18.9 Å². The van der Waals surface area contributed by atoms with Crippen LogP contribution in [0.15, 0.2) is 41.5 Å². The van der Waals surface area contributed by atoms with E-state index in [-0.39, 0.29) is 16.5 Å². The summed E-state index contributed by atoms with van der Waals surface area (Å²) in [5.41, 5.74) is 3.28. The van der Waals surface area contributed by atoms with Crippen LogP contribution in [0.3, 0.4) is 0 Å². The molecule has 3 N–H and O–H groups in total. The van der Waals surface area contributed by atoms with E-state index in [0.29, 0.717) is 23.6 Å². The average Bonchev–Trinajstić information content (AvgIpc) is 2.65. The highest BCUT2D eigenvalue weighted by atomic mass is 35.5. The number of aromatic hydroxyl groups is 1. The molecule has 2 rings (SSSR count). The van der Waals surface area contributed by atoms with Crippen molar-refractivity contribution >= 4 is 35.3 Å². The Labute approximate surface area is 167 Å². The summed E-state index contributed by atoms with van der Waals surface area (Å²) in [6, 6.07) is 9.77. The standard InChI is InChI=1S/C19H20ClN3O5/c1-3-28-16-8-12(7-15(20)19(16)26)11-21-23-18(25)10-17(24)22-13-5-4-6-14(9-13)27-2/h4-9,11,26H,3,10H2,1-2H3,(H,22,24)(H,23,25). The molecular weight excluding hydrogens is 386 g/mol. The number of nitrogens with zero attached hydrogens (tertiary/aromatic N) is 1.